The molecule has 0 spiro atoms. The summed E-state index contributed by atoms with van der Waals surface area (Å²) in [5.74, 6) is -0.839. The lowest BCUT2D eigenvalue weighted by atomic mass is 9.90. The van der Waals surface area contributed by atoms with E-state index >= 15 is 0 Å². The summed E-state index contributed by atoms with van der Waals surface area (Å²) in [6.45, 7) is 19.6. The van der Waals surface area contributed by atoms with Crippen LogP contribution in [0, 0.1) is 0 Å². The molecule has 0 radical (unpaired) electrons. The Morgan fingerprint density at radius 2 is 1.56 bits per heavy atom. The summed E-state index contributed by atoms with van der Waals surface area (Å²) in [5.41, 5.74) is 5.86. The molecule has 0 fully saturated rings. The van der Waals surface area contributed by atoms with Crippen molar-refractivity contribution in [2.75, 3.05) is 11.9 Å². The minimum absolute atomic E-state index is 0.00987. The molecule has 4 N–H and O–H groups in total. The number of rotatable bonds is 13. The Bertz CT molecular complexity index is 1800. The predicted octanol–water partition coefficient (Wildman–Crippen LogP) is 8.82. The highest BCUT2D eigenvalue weighted by molar-refractivity contribution is 7.80. The maximum absolute atomic E-state index is 12.5. The van der Waals surface area contributed by atoms with Gasteiger partial charge in [0, 0.05) is 40.9 Å². The maximum Gasteiger partial charge on any atom is 0.336 e. The number of carbonyl (C=O) groups is 1. The molecule has 2 aromatic carbocycles. The number of aromatic hydroxyl groups is 1. The van der Waals surface area contributed by atoms with Crippen LogP contribution in [0.4, 0.5) is 5.69 Å². The van der Waals surface area contributed by atoms with Crippen molar-refractivity contribution < 1.29 is 19.4 Å². The van der Waals surface area contributed by atoms with Gasteiger partial charge in [-0.3, -0.25) is 4.79 Å². The fourth-order valence-electron chi connectivity index (χ4n) is 6.38. The highest BCUT2D eigenvalue weighted by Crippen LogP contribution is 2.42. The summed E-state index contributed by atoms with van der Waals surface area (Å²) in [6.07, 6.45) is 0.932. The molecule has 1 aliphatic heterocycles. The van der Waals surface area contributed by atoms with Gasteiger partial charge >= 0.3 is 5.97 Å². The first kappa shape index (κ1) is 33.4. The van der Waals surface area contributed by atoms with Crippen molar-refractivity contribution in [2.24, 2.45) is 0 Å². The second-order valence-corrected chi connectivity index (χ2v) is 17.2. The van der Waals surface area contributed by atoms with E-state index in [1.807, 2.05) is 0 Å². The van der Waals surface area contributed by atoms with Crippen molar-refractivity contribution in [2.45, 2.75) is 51.4 Å². The largest absolute Gasteiger partial charge is 0.508 e. The average Bonchev–Trinajstić information content (AvgIpc) is 2.93. The number of thiocarbonyl (C=S) groups is 1. The number of benzene rings is 3. The van der Waals surface area contributed by atoms with Crippen LogP contribution >= 0.6 is 12.2 Å². The van der Waals surface area contributed by atoms with Crippen molar-refractivity contribution in [3.05, 3.63) is 107 Å². The van der Waals surface area contributed by atoms with Gasteiger partial charge in [0.15, 0.2) is 10.5 Å². The summed E-state index contributed by atoms with van der Waals surface area (Å²) in [6, 6.07) is 18.3. The van der Waals surface area contributed by atoms with Crippen LogP contribution in [0.1, 0.15) is 37.6 Å². The Morgan fingerprint density at radius 1 is 0.911 bits per heavy atom. The third-order valence-corrected chi connectivity index (χ3v) is 13.4. The Hall–Kier alpha value is -4.47. The van der Waals surface area contributed by atoms with Gasteiger partial charge in [-0.05, 0) is 99.5 Å². The molecule has 45 heavy (non-hydrogen) atoms. The van der Waals surface area contributed by atoms with E-state index in [-0.39, 0.29) is 16.7 Å². The number of fused-ring (bicyclic) bond motifs is 2. The van der Waals surface area contributed by atoms with Crippen molar-refractivity contribution in [1.82, 2.24) is 5.32 Å². The van der Waals surface area contributed by atoms with Gasteiger partial charge < -0.3 is 25.3 Å². The van der Waals surface area contributed by atoms with Crippen LogP contribution in [0.25, 0.3) is 33.4 Å². The van der Waals surface area contributed by atoms with Crippen molar-refractivity contribution in [1.29, 1.82) is 0 Å². The standard InChI is InChI=1S/C36H40N2O5SSi/c1-22(2)19-45(20-23(3)4,21-24(5)6)15-7-14-37-36(44)38-25-8-11-28(31(16-25)35(41)42)34-29-12-9-26(39)17-32(29)43-33-18-27(40)10-13-30(33)34/h8-13,16-18,39H,1,3,5,7,14-15,19-21H2,2,4,6H3,(H,41,42)(H2,37,38,44). The lowest BCUT2D eigenvalue weighted by molar-refractivity contribution is 0.0697. The molecule has 9 heteroatoms. The number of hydrogen-bond donors (Lipinski definition) is 4. The number of allylic oxidation sites excluding steroid dienone is 3. The minimum atomic E-state index is -1.74. The minimum Gasteiger partial charge on any atom is -0.508 e. The smallest absolute Gasteiger partial charge is 0.336 e. The van der Waals surface area contributed by atoms with E-state index in [9.17, 15) is 19.8 Å². The van der Waals surface area contributed by atoms with Gasteiger partial charge in [-0.15, -0.1) is 19.7 Å². The number of carboxylic acid groups (broad SMARTS) is 1. The van der Waals surface area contributed by atoms with Crippen LogP contribution in [0.3, 0.4) is 0 Å². The molecule has 7 nitrogen and oxygen atoms in total. The summed E-state index contributed by atoms with van der Waals surface area (Å²) >= 11 is 5.57. The van der Waals surface area contributed by atoms with Crippen LogP contribution in [0.2, 0.25) is 24.2 Å². The fraction of sp³-hybridized carbons (Fsp3) is 0.250. The Morgan fingerprint density at radius 3 is 2.18 bits per heavy atom. The first-order chi connectivity index (χ1) is 21.3. The number of aromatic carboxylic acids is 1. The van der Waals surface area contributed by atoms with Crippen molar-refractivity contribution >= 4 is 48.0 Å². The Kier molecular flexibility index (Phi) is 10.5. The molecule has 0 bridgehead atoms. The van der Waals surface area contributed by atoms with E-state index < -0.39 is 14.0 Å². The second kappa shape index (κ2) is 14.1. The SMILES string of the molecule is C=C(C)C[Si](CCCNC(=S)Nc1ccc(-c2c3ccc(=O)cc-3oc3cc(O)ccc23)c(C(=O)O)c1)(CC(=C)C)CC(=C)C. The zero-order valence-electron chi connectivity index (χ0n) is 26.1. The molecule has 1 heterocycles. The molecule has 0 saturated heterocycles. The van der Waals surface area contributed by atoms with E-state index in [2.05, 4.69) is 51.1 Å². The highest BCUT2D eigenvalue weighted by Gasteiger charge is 2.32. The zero-order valence-corrected chi connectivity index (χ0v) is 27.9. The highest BCUT2D eigenvalue weighted by atomic mass is 32.1. The molecule has 1 aliphatic carbocycles. The van der Waals surface area contributed by atoms with E-state index in [1.165, 1.54) is 41.0 Å². The predicted molar refractivity (Wildman–Crippen MR) is 191 cm³/mol. The van der Waals surface area contributed by atoms with E-state index in [0.29, 0.717) is 50.8 Å². The van der Waals surface area contributed by atoms with E-state index in [1.54, 1.807) is 30.3 Å². The molecule has 0 amide bonds. The molecule has 2 aliphatic rings. The topological polar surface area (TPSA) is 112 Å². The molecule has 0 unspecified atom stereocenters. The molecule has 0 saturated carbocycles. The van der Waals surface area contributed by atoms with Gasteiger partial charge in [0.2, 0.25) is 0 Å². The van der Waals surface area contributed by atoms with Gasteiger partial charge in [0.1, 0.15) is 17.1 Å². The summed E-state index contributed by atoms with van der Waals surface area (Å²) < 4.78 is 5.92. The van der Waals surface area contributed by atoms with Crippen molar-refractivity contribution in [3.63, 3.8) is 0 Å². The van der Waals surface area contributed by atoms with Crippen LogP contribution in [0.5, 0.6) is 5.75 Å². The number of phenols is 1. The van der Waals surface area contributed by atoms with E-state index in [0.717, 1.165) is 30.6 Å². The molecular formula is C36H40N2O5SSi. The summed E-state index contributed by atoms with van der Waals surface area (Å²) in [7, 11) is -1.74. The monoisotopic (exact) mass is 640 g/mol. The van der Waals surface area contributed by atoms with Gasteiger partial charge in [0.25, 0.3) is 0 Å². The number of hydrogen-bond acceptors (Lipinski definition) is 5. The molecular weight excluding hydrogens is 601 g/mol. The van der Waals surface area contributed by atoms with Gasteiger partial charge in [-0.2, -0.15) is 0 Å². The van der Waals surface area contributed by atoms with Crippen molar-refractivity contribution in [3.8, 4) is 28.2 Å². The maximum atomic E-state index is 12.5. The molecule has 0 atom stereocenters. The number of phenolic OH excluding ortho intramolecular Hbond substituents is 1. The third kappa shape index (κ3) is 8.37. The number of nitrogens with one attached hydrogen (secondary N) is 2. The van der Waals surface area contributed by atoms with Crippen LogP contribution in [-0.4, -0.2) is 35.9 Å². The Labute approximate surface area is 270 Å². The van der Waals surface area contributed by atoms with Crippen LogP contribution < -0.4 is 16.1 Å². The lowest BCUT2D eigenvalue weighted by Crippen LogP contribution is -2.36. The first-order valence-corrected chi connectivity index (χ1v) is 18.1. The number of carboxylic acids is 1. The number of anilines is 1. The molecule has 2 aromatic rings. The second-order valence-electron chi connectivity index (χ2n) is 12.3. The fourth-order valence-corrected chi connectivity index (χ4v) is 12.3. The average molecular weight is 641 g/mol. The summed E-state index contributed by atoms with van der Waals surface area (Å²) in [5, 5.41) is 27.7. The first-order valence-electron chi connectivity index (χ1n) is 14.8. The summed E-state index contributed by atoms with van der Waals surface area (Å²) in [4.78, 5) is 24.6. The van der Waals surface area contributed by atoms with Gasteiger partial charge in [0.05, 0.1) is 13.6 Å². The molecule has 4 rings (SSSR count). The Balaban J connectivity index is 1.56. The quantitative estimate of drug-likeness (QED) is 0.0377. The van der Waals surface area contributed by atoms with Gasteiger partial charge in [-0.25, -0.2) is 4.79 Å². The zero-order chi connectivity index (χ0) is 32.9. The normalized spacial score (nSPS) is 11.4. The lowest BCUT2D eigenvalue weighted by Gasteiger charge is -2.33. The van der Waals surface area contributed by atoms with E-state index in [4.69, 9.17) is 16.6 Å². The van der Waals surface area contributed by atoms with Crippen LogP contribution in [0.15, 0.2) is 100 Å². The van der Waals surface area contributed by atoms with Crippen LogP contribution in [-0.2, 0) is 0 Å². The third-order valence-electron chi connectivity index (χ3n) is 7.65. The van der Waals surface area contributed by atoms with Gasteiger partial charge in [-0.1, -0.05) is 28.8 Å². The molecule has 234 valence electrons. The molecule has 0 aromatic heterocycles.